The fraction of sp³-hybridized carbons (Fsp3) is 0.100. The largest absolute Gasteiger partial charge is 0.280 e. The average molecular weight is 335 g/mol. The summed E-state index contributed by atoms with van der Waals surface area (Å²) in [6.45, 7) is 0. The van der Waals surface area contributed by atoms with Crippen molar-refractivity contribution in [2.45, 2.75) is 17.7 Å². The lowest BCUT2D eigenvalue weighted by Gasteiger charge is -2.15. The van der Waals surface area contributed by atoms with Crippen molar-refractivity contribution >= 4 is 15.7 Å². The van der Waals surface area contributed by atoms with E-state index in [-0.39, 0.29) is 0 Å². The van der Waals surface area contributed by atoms with Gasteiger partial charge in [-0.25, -0.2) is 8.42 Å². The quantitative estimate of drug-likeness (QED) is 0.667. The maximum Gasteiger partial charge on any atom is 0.261 e. The number of benzene rings is 3. The maximum absolute atomic E-state index is 12.6. The molecule has 1 aliphatic heterocycles. The van der Waals surface area contributed by atoms with Gasteiger partial charge in [0.2, 0.25) is 0 Å². The minimum atomic E-state index is -3.57. The summed E-state index contributed by atoms with van der Waals surface area (Å²) in [4.78, 5) is 0.305. The third-order valence-corrected chi connectivity index (χ3v) is 5.71. The zero-order valence-corrected chi connectivity index (χ0v) is 13.9. The van der Waals surface area contributed by atoms with E-state index in [0.29, 0.717) is 10.6 Å². The Balaban J connectivity index is 1.93. The highest BCUT2D eigenvalue weighted by Gasteiger charge is 2.16. The smallest absolute Gasteiger partial charge is 0.261 e. The van der Waals surface area contributed by atoms with E-state index in [0.717, 1.165) is 29.5 Å². The van der Waals surface area contributed by atoms with Crippen LogP contribution in [0.15, 0.2) is 77.7 Å². The van der Waals surface area contributed by atoms with E-state index in [1.807, 2.05) is 36.4 Å². The molecule has 0 amide bonds. The first-order chi connectivity index (χ1) is 11.6. The van der Waals surface area contributed by atoms with E-state index in [1.165, 1.54) is 5.56 Å². The highest BCUT2D eigenvalue weighted by atomic mass is 32.2. The Kier molecular flexibility index (Phi) is 3.62. The van der Waals surface area contributed by atoms with Gasteiger partial charge >= 0.3 is 0 Å². The predicted molar refractivity (Wildman–Crippen MR) is 96.5 cm³/mol. The van der Waals surface area contributed by atoms with Gasteiger partial charge in [0.1, 0.15) is 0 Å². The van der Waals surface area contributed by atoms with E-state index in [2.05, 4.69) is 16.9 Å². The molecule has 4 rings (SSSR count). The van der Waals surface area contributed by atoms with Crippen LogP contribution in [0.2, 0.25) is 0 Å². The molecule has 3 nitrogen and oxygen atoms in total. The Labute approximate surface area is 142 Å². The number of nitrogens with one attached hydrogen (secondary N) is 1. The summed E-state index contributed by atoms with van der Waals surface area (Å²) >= 11 is 0. The molecule has 0 spiro atoms. The number of sulfonamides is 1. The summed E-state index contributed by atoms with van der Waals surface area (Å²) in [5.74, 6) is 0. The van der Waals surface area contributed by atoms with Gasteiger partial charge in [0, 0.05) is 5.69 Å². The third-order valence-electron chi connectivity index (χ3n) is 4.33. The fourth-order valence-corrected chi connectivity index (χ4v) is 4.25. The Bertz CT molecular complexity index is 1010. The Morgan fingerprint density at radius 3 is 2.54 bits per heavy atom. The number of anilines is 1. The van der Waals surface area contributed by atoms with E-state index in [9.17, 15) is 8.42 Å². The van der Waals surface area contributed by atoms with Crippen molar-refractivity contribution in [3.63, 3.8) is 0 Å². The lowest BCUT2D eigenvalue weighted by Crippen LogP contribution is -2.13. The number of rotatable bonds is 0. The molecule has 0 saturated carbocycles. The van der Waals surface area contributed by atoms with Crippen molar-refractivity contribution < 1.29 is 8.42 Å². The van der Waals surface area contributed by atoms with Gasteiger partial charge in [-0.2, -0.15) is 0 Å². The third kappa shape index (κ3) is 2.81. The molecule has 0 saturated heterocycles. The van der Waals surface area contributed by atoms with Crippen LogP contribution in [-0.2, 0) is 22.9 Å². The highest BCUT2D eigenvalue weighted by molar-refractivity contribution is 7.92. The van der Waals surface area contributed by atoms with Crippen molar-refractivity contribution in [2.24, 2.45) is 0 Å². The number of aryl methyl sites for hydroxylation is 2. The van der Waals surface area contributed by atoms with Crippen molar-refractivity contribution in [3.05, 3.63) is 83.9 Å². The van der Waals surface area contributed by atoms with E-state index in [4.69, 9.17) is 0 Å². The molecule has 24 heavy (non-hydrogen) atoms. The molecular formula is C20H17NO2S. The molecule has 0 radical (unpaired) electrons. The van der Waals surface area contributed by atoms with Crippen LogP contribution in [-0.4, -0.2) is 8.42 Å². The molecule has 1 N–H and O–H groups in total. The summed E-state index contributed by atoms with van der Waals surface area (Å²) in [5, 5.41) is 0. The first-order valence-electron chi connectivity index (χ1n) is 7.92. The molecular weight excluding hydrogens is 318 g/mol. The topological polar surface area (TPSA) is 46.2 Å². The van der Waals surface area contributed by atoms with E-state index in [1.54, 1.807) is 24.3 Å². The molecule has 0 atom stereocenters. The number of hydrogen-bond donors (Lipinski definition) is 1. The van der Waals surface area contributed by atoms with Gasteiger partial charge < -0.3 is 0 Å². The van der Waals surface area contributed by atoms with Gasteiger partial charge in [-0.05, 0) is 59.4 Å². The van der Waals surface area contributed by atoms with Crippen LogP contribution in [0.5, 0.6) is 0 Å². The molecule has 3 aromatic carbocycles. The summed E-state index contributed by atoms with van der Waals surface area (Å²) in [6.07, 6.45) is 1.68. The molecule has 4 heteroatoms. The molecule has 0 aromatic heterocycles. The van der Waals surface area contributed by atoms with Gasteiger partial charge in [0.25, 0.3) is 10.0 Å². The van der Waals surface area contributed by atoms with Crippen molar-refractivity contribution in [2.75, 3.05) is 4.72 Å². The second-order valence-electron chi connectivity index (χ2n) is 5.99. The van der Waals surface area contributed by atoms with Crippen LogP contribution >= 0.6 is 0 Å². The van der Waals surface area contributed by atoms with Crippen LogP contribution in [0.3, 0.4) is 0 Å². The minimum Gasteiger partial charge on any atom is -0.280 e. The van der Waals surface area contributed by atoms with Crippen molar-refractivity contribution in [3.8, 4) is 11.1 Å². The summed E-state index contributed by atoms with van der Waals surface area (Å²) in [7, 11) is -3.57. The molecule has 1 aliphatic rings. The standard InChI is InChI=1S/C20H17NO2S/c22-24(23)19-9-3-5-15(13-19)11-12-16-6-1-2-10-20(16)17-7-4-8-18(14-17)21-24/h1-10,13-14,21H,11-12H2. The highest BCUT2D eigenvalue weighted by Crippen LogP contribution is 2.29. The minimum absolute atomic E-state index is 0.305. The molecule has 0 aliphatic carbocycles. The first-order valence-corrected chi connectivity index (χ1v) is 9.40. The molecule has 0 fully saturated rings. The Morgan fingerprint density at radius 1 is 0.792 bits per heavy atom. The second-order valence-corrected chi connectivity index (χ2v) is 7.67. The van der Waals surface area contributed by atoms with Gasteiger partial charge in [0.05, 0.1) is 4.90 Å². The fourth-order valence-electron chi connectivity index (χ4n) is 3.13. The summed E-state index contributed by atoms with van der Waals surface area (Å²) in [6, 6.07) is 23.0. The monoisotopic (exact) mass is 335 g/mol. The van der Waals surface area contributed by atoms with Crippen LogP contribution in [0, 0.1) is 0 Å². The predicted octanol–water partition coefficient (Wildman–Crippen LogP) is 4.25. The molecule has 0 unspecified atom stereocenters. The van der Waals surface area contributed by atoms with Crippen LogP contribution in [0.25, 0.3) is 11.1 Å². The maximum atomic E-state index is 12.6. The van der Waals surface area contributed by atoms with Gasteiger partial charge in [-0.3, -0.25) is 4.72 Å². The van der Waals surface area contributed by atoms with Gasteiger partial charge in [-0.1, -0.05) is 48.5 Å². The zero-order chi connectivity index (χ0) is 16.6. The molecule has 4 bridgehead atoms. The van der Waals surface area contributed by atoms with Gasteiger partial charge in [-0.15, -0.1) is 0 Å². The normalized spacial score (nSPS) is 15.3. The summed E-state index contributed by atoms with van der Waals surface area (Å²) in [5.41, 5.74) is 5.04. The van der Waals surface area contributed by atoms with Crippen LogP contribution in [0.1, 0.15) is 11.1 Å². The Morgan fingerprint density at radius 2 is 1.62 bits per heavy atom. The van der Waals surface area contributed by atoms with E-state index < -0.39 is 10.0 Å². The van der Waals surface area contributed by atoms with Crippen molar-refractivity contribution in [1.82, 2.24) is 0 Å². The average Bonchev–Trinajstić information content (AvgIpc) is 2.60. The number of fused-ring (bicyclic) bond motifs is 6. The SMILES string of the molecule is O=S1(=O)Nc2cccc(c2)-c2ccccc2CCc2cccc1c2. The lowest BCUT2D eigenvalue weighted by molar-refractivity contribution is 0.601. The van der Waals surface area contributed by atoms with E-state index >= 15 is 0 Å². The molecule has 120 valence electrons. The van der Waals surface area contributed by atoms with Crippen LogP contribution < -0.4 is 4.72 Å². The lowest BCUT2D eigenvalue weighted by atomic mass is 9.95. The van der Waals surface area contributed by atoms with Crippen molar-refractivity contribution in [1.29, 1.82) is 0 Å². The first kappa shape index (κ1) is 15.0. The molecule has 1 heterocycles. The van der Waals surface area contributed by atoms with Crippen LogP contribution in [0.4, 0.5) is 5.69 Å². The molecule has 3 aromatic rings. The summed E-state index contributed by atoms with van der Waals surface area (Å²) < 4.78 is 27.9. The Hall–Kier alpha value is -2.59. The van der Waals surface area contributed by atoms with Gasteiger partial charge in [0.15, 0.2) is 0 Å². The zero-order valence-electron chi connectivity index (χ0n) is 13.1. The second kappa shape index (κ2) is 5.80. The number of hydrogen-bond acceptors (Lipinski definition) is 2.